The number of benzene rings is 1. The molecule has 3 aromatic rings. The van der Waals surface area contributed by atoms with E-state index in [1.165, 1.54) is 4.57 Å². The maximum atomic E-state index is 12.2. The van der Waals surface area contributed by atoms with Crippen LogP contribution in [-0.4, -0.2) is 19.6 Å². The van der Waals surface area contributed by atoms with Crippen LogP contribution in [0.3, 0.4) is 0 Å². The summed E-state index contributed by atoms with van der Waals surface area (Å²) >= 11 is 5.08. The Morgan fingerprint density at radius 3 is 2.66 bits per heavy atom. The van der Waals surface area contributed by atoms with E-state index >= 15 is 0 Å². The van der Waals surface area contributed by atoms with Gasteiger partial charge in [-0.15, -0.1) is 11.7 Å². The van der Waals surface area contributed by atoms with Gasteiger partial charge in [0.05, 0.1) is 0 Å². The van der Waals surface area contributed by atoms with Gasteiger partial charge >= 0.3 is 0 Å². The summed E-state index contributed by atoms with van der Waals surface area (Å²) in [5.41, 5.74) is 9.06. The quantitative estimate of drug-likeness (QED) is 0.121. The highest BCUT2D eigenvalue weighted by Crippen LogP contribution is 2.13. The Balaban J connectivity index is 2.17. The Hall–Kier alpha value is -3.76. The van der Waals surface area contributed by atoms with Crippen LogP contribution in [-0.2, 0) is 6.54 Å². The lowest BCUT2D eigenvalue weighted by molar-refractivity contribution is 0.412. The van der Waals surface area contributed by atoms with Gasteiger partial charge in [-0.1, -0.05) is 30.3 Å². The number of nitrogens with zero attached hydrogens (tertiary/aromatic N) is 2. The zero-order valence-corrected chi connectivity index (χ0v) is 16.1. The third kappa shape index (κ3) is 4.08. The normalized spacial score (nSPS) is 11.3. The number of aromatic amines is 2. The second kappa shape index (κ2) is 8.50. The summed E-state index contributed by atoms with van der Waals surface area (Å²) in [5, 5.41) is 16.8. The lowest BCUT2D eigenvalue weighted by Gasteiger charge is -2.08. The predicted molar refractivity (Wildman–Crippen MR) is 111 cm³/mol. The van der Waals surface area contributed by atoms with E-state index in [1.807, 2.05) is 18.2 Å². The van der Waals surface area contributed by atoms with Crippen molar-refractivity contribution >= 4 is 24.1 Å². The van der Waals surface area contributed by atoms with E-state index in [2.05, 4.69) is 27.1 Å². The van der Waals surface area contributed by atoms with E-state index in [4.69, 9.17) is 23.6 Å². The van der Waals surface area contributed by atoms with Gasteiger partial charge in [0.25, 0.3) is 5.56 Å². The molecule has 0 radical (unpaired) electrons. The molecule has 0 fully saturated rings. The number of rotatable bonds is 5. The van der Waals surface area contributed by atoms with Gasteiger partial charge in [0.1, 0.15) is 5.56 Å². The van der Waals surface area contributed by atoms with E-state index in [-0.39, 0.29) is 28.6 Å². The van der Waals surface area contributed by atoms with Gasteiger partial charge in [0, 0.05) is 22.5 Å². The van der Waals surface area contributed by atoms with Crippen molar-refractivity contribution in [1.29, 1.82) is 5.53 Å². The fraction of sp³-hybridized carbons (Fsp3) is 0.0526. The Morgan fingerprint density at radius 2 is 2.03 bits per heavy atom. The minimum absolute atomic E-state index is 0.0921. The molecule has 10 heteroatoms. The molecule has 3 rings (SSSR count). The average molecular weight is 409 g/mol. The van der Waals surface area contributed by atoms with E-state index in [1.54, 1.807) is 30.4 Å². The number of aromatic hydroxyl groups is 1. The van der Waals surface area contributed by atoms with Gasteiger partial charge in [-0.05, 0) is 35.6 Å². The molecule has 0 bridgehead atoms. The SMILES string of the molecule is C=CCn1c(O)c(/C=c2\ccc(=c3ccc(=C(N=N)NN)cc3)[nH]2)c(=O)[nH]c1=S. The van der Waals surface area contributed by atoms with Crippen molar-refractivity contribution in [2.45, 2.75) is 6.54 Å². The molecule has 0 unspecified atom stereocenters. The third-order valence-electron chi connectivity index (χ3n) is 4.24. The lowest BCUT2D eigenvalue weighted by atomic mass is 10.2. The maximum Gasteiger partial charge on any atom is 0.262 e. The first-order valence-electron chi connectivity index (χ1n) is 8.51. The van der Waals surface area contributed by atoms with Crippen molar-refractivity contribution in [1.82, 2.24) is 20.0 Å². The van der Waals surface area contributed by atoms with Crippen LogP contribution in [0.2, 0.25) is 0 Å². The maximum absolute atomic E-state index is 12.2. The molecular weight excluding hydrogens is 390 g/mol. The van der Waals surface area contributed by atoms with Crippen LogP contribution in [0.15, 0.2) is 59.0 Å². The Labute approximate surface area is 169 Å². The molecule has 0 spiro atoms. The van der Waals surface area contributed by atoms with Crippen molar-refractivity contribution in [2.75, 3.05) is 0 Å². The van der Waals surface area contributed by atoms with Crippen LogP contribution in [0.5, 0.6) is 5.88 Å². The number of aromatic nitrogens is 3. The van der Waals surface area contributed by atoms with E-state index < -0.39 is 5.56 Å². The third-order valence-corrected chi connectivity index (χ3v) is 4.57. The van der Waals surface area contributed by atoms with Gasteiger partial charge in [0.15, 0.2) is 10.6 Å². The summed E-state index contributed by atoms with van der Waals surface area (Å²) in [6.07, 6.45) is 3.12. The fourth-order valence-corrected chi connectivity index (χ4v) is 3.07. The molecule has 0 aliphatic carbocycles. The van der Waals surface area contributed by atoms with Crippen molar-refractivity contribution in [2.24, 2.45) is 11.0 Å². The topological polar surface area (TPSA) is 148 Å². The molecule has 0 amide bonds. The summed E-state index contributed by atoms with van der Waals surface area (Å²) in [4.78, 5) is 18.0. The van der Waals surface area contributed by atoms with Crippen LogP contribution in [0.4, 0.5) is 0 Å². The van der Waals surface area contributed by atoms with Gasteiger partial charge in [-0.25, -0.2) is 11.4 Å². The molecule has 148 valence electrons. The predicted octanol–water partition coefficient (Wildman–Crippen LogP) is 0.801. The highest BCUT2D eigenvalue weighted by atomic mass is 32.1. The first-order valence-corrected chi connectivity index (χ1v) is 8.92. The number of nitrogens with one attached hydrogen (secondary N) is 4. The van der Waals surface area contributed by atoms with Crippen LogP contribution in [0.25, 0.3) is 11.9 Å². The van der Waals surface area contributed by atoms with Crippen molar-refractivity contribution in [3.63, 3.8) is 0 Å². The molecular formula is C19H19N7O2S. The molecule has 0 saturated heterocycles. The second-order valence-electron chi connectivity index (χ2n) is 6.05. The molecule has 9 nitrogen and oxygen atoms in total. The van der Waals surface area contributed by atoms with Crippen LogP contribution >= 0.6 is 12.2 Å². The average Bonchev–Trinajstić information content (AvgIpc) is 3.18. The molecule has 0 aliphatic rings. The standard InChI is InChI=1S/C19H19N7O2S/c1-2-9-26-18(28)14(17(27)23-19(26)29)10-13-7-8-15(22-13)11-3-5-12(6-4-11)16(24-20)25-21/h2-8,10,20,22,25,28H,1,9,21H2,(H,23,27,29)/b13-10+,15-11?,16-12?,24-20?. The summed E-state index contributed by atoms with van der Waals surface area (Å²) < 4.78 is 1.51. The second-order valence-corrected chi connectivity index (χ2v) is 6.44. The van der Waals surface area contributed by atoms with Crippen molar-refractivity contribution in [3.05, 3.63) is 90.9 Å². The van der Waals surface area contributed by atoms with Crippen molar-refractivity contribution in [3.8, 4) is 5.88 Å². The largest absolute Gasteiger partial charge is 0.494 e. The number of nitrogens with two attached hydrogens (primary N) is 1. The molecule has 0 saturated carbocycles. The number of hydrogen-bond donors (Lipinski definition) is 6. The highest BCUT2D eigenvalue weighted by Gasteiger charge is 2.09. The van der Waals surface area contributed by atoms with E-state index in [0.717, 1.165) is 10.6 Å². The van der Waals surface area contributed by atoms with Crippen molar-refractivity contribution < 1.29 is 5.11 Å². The van der Waals surface area contributed by atoms with Gasteiger partial charge in [-0.2, -0.15) is 0 Å². The molecule has 2 aromatic heterocycles. The summed E-state index contributed by atoms with van der Waals surface area (Å²) in [5.74, 6) is 5.36. The minimum Gasteiger partial charge on any atom is -0.494 e. The van der Waals surface area contributed by atoms with E-state index in [0.29, 0.717) is 10.6 Å². The molecule has 2 heterocycles. The number of H-pyrrole nitrogens is 2. The van der Waals surface area contributed by atoms with E-state index in [9.17, 15) is 9.90 Å². The molecule has 7 N–H and O–H groups in total. The zero-order chi connectivity index (χ0) is 21.0. The summed E-state index contributed by atoms with van der Waals surface area (Å²) in [6.45, 7) is 3.89. The molecule has 0 aliphatic heterocycles. The number of hydrogen-bond acceptors (Lipinski definition) is 7. The Bertz CT molecular complexity index is 1390. The van der Waals surface area contributed by atoms with Gasteiger partial charge in [0.2, 0.25) is 5.88 Å². The van der Waals surface area contributed by atoms with Crippen LogP contribution < -0.4 is 27.4 Å². The summed E-state index contributed by atoms with van der Waals surface area (Å²) in [7, 11) is 0. The molecule has 0 atom stereocenters. The lowest BCUT2D eigenvalue weighted by Crippen LogP contribution is -2.24. The highest BCUT2D eigenvalue weighted by molar-refractivity contribution is 7.71. The first kappa shape index (κ1) is 20.0. The number of hydrazine groups is 1. The smallest absolute Gasteiger partial charge is 0.262 e. The summed E-state index contributed by atoms with van der Waals surface area (Å²) in [6, 6.07) is 10.9. The zero-order valence-electron chi connectivity index (χ0n) is 15.3. The van der Waals surface area contributed by atoms with Gasteiger partial charge < -0.3 is 15.5 Å². The molecule has 1 aromatic carbocycles. The molecule has 29 heavy (non-hydrogen) atoms. The van der Waals surface area contributed by atoms with Crippen LogP contribution in [0.1, 0.15) is 5.56 Å². The minimum atomic E-state index is -0.482. The Morgan fingerprint density at radius 1 is 1.31 bits per heavy atom. The van der Waals surface area contributed by atoms with Gasteiger partial charge in [-0.3, -0.25) is 14.3 Å². The Kier molecular flexibility index (Phi) is 5.86. The monoisotopic (exact) mass is 409 g/mol. The number of allylic oxidation sites excluding steroid dienone is 1. The first-order chi connectivity index (χ1) is 14.0. The fourth-order valence-electron chi connectivity index (χ4n) is 2.81. The van der Waals surface area contributed by atoms with Crippen LogP contribution in [0, 0.1) is 20.9 Å².